The highest BCUT2D eigenvalue weighted by Crippen LogP contribution is 2.51. The van der Waals surface area contributed by atoms with Crippen LogP contribution in [-0.4, -0.2) is 38.1 Å². The van der Waals surface area contributed by atoms with E-state index in [0.717, 1.165) is 19.6 Å². The molecule has 146 valence electrons. The molecule has 0 unspecified atom stereocenters. The Morgan fingerprint density at radius 3 is 2.11 bits per heavy atom. The number of ketones is 1. The fraction of sp³-hybridized carbons (Fsp3) is 0.250. The van der Waals surface area contributed by atoms with Crippen molar-refractivity contribution in [3.05, 3.63) is 59.2 Å². The number of hydrogen-bond acceptors (Lipinski definition) is 5. The van der Waals surface area contributed by atoms with Gasteiger partial charge in [-0.05, 0) is 16.8 Å². The Labute approximate surface area is 157 Å². The van der Waals surface area contributed by atoms with Crippen LogP contribution in [-0.2, 0) is 19.1 Å². The van der Waals surface area contributed by atoms with Crippen LogP contribution in [0.4, 0.5) is 13.2 Å². The number of ether oxygens (including phenoxy) is 2. The lowest BCUT2D eigenvalue weighted by molar-refractivity contribution is -0.154. The molecule has 0 saturated heterocycles. The van der Waals surface area contributed by atoms with Crippen molar-refractivity contribution in [3.63, 3.8) is 0 Å². The summed E-state index contributed by atoms with van der Waals surface area (Å²) in [5, 5.41) is 1.46. The van der Waals surface area contributed by atoms with E-state index in [-0.39, 0.29) is 5.56 Å². The lowest BCUT2D eigenvalue weighted by atomic mass is 9.64. The van der Waals surface area contributed by atoms with Gasteiger partial charge in [0.25, 0.3) is 0 Å². The molecule has 0 spiro atoms. The number of carbonyl (C=O) groups is 3. The summed E-state index contributed by atoms with van der Waals surface area (Å²) >= 11 is 0. The molecule has 0 saturated carbocycles. The Balaban J connectivity index is 2.12. The number of esters is 2. The van der Waals surface area contributed by atoms with Gasteiger partial charge >= 0.3 is 18.1 Å². The number of fused-ring (bicyclic) bond motifs is 1. The molecule has 0 N–H and O–H groups in total. The monoisotopic (exact) mass is 392 g/mol. The Morgan fingerprint density at radius 2 is 1.54 bits per heavy atom. The van der Waals surface area contributed by atoms with E-state index in [9.17, 15) is 27.6 Å². The number of allylic oxidation sites excluding steroid dienone is 1. The zero-order valence-electron chi connectivity index (χ0n) is 14.9. The van der Waals surface area contributed by atoms with Gasteiger partial charge in [0.2, 0.25) is 0 Å². The molecule has 1 aliphatic rings. The van der Waals surface area contributed by atoms with Gasteiger partial charge in [-0.3, -0.25) is 9.59 Å². The lowest BCUT2D eigenvalue weighted by Crippen LogP contribution is -2.49. The Morgan fingerprint density at radius 1 is 0.893 bits per heavy atom. The fourth-order valence-electron chi connectivity index (χ4n) is 3.43. The molecule has 1 aliphatic carbocycles. The van der Waals surface area contributed by atoms with Gasteiger partial charge in [-0.25, -0.2) is 4.79 Å². The molecule has 2 aromatic rings. The van der Waals surface area contributed by atoms with E-state index in [4.69, 9.17) is 0 Å². The third-order valence-corrected chi connectivity index (χ3v) is 4.73. The number of alkyl halides is 3. The molecule has 0 radical (unpaired) electrons. The molecule has 3 rings (SSSR count). The first-order chi connectivity index (χ1) is 13.2. The van der Waals surface area contributed by atoms with Crippen LogP contribution in [0.3, 0.4) is 0 Å². The van der Waals surface area contributed by atoms with Crippen LogP contribution in [0, 0.1) is 11.8 Å². The maximum Gasteiger partial charge on any atom is 0.413 e. The van der Waals surface area contributed by atoms with Gasteiger partial charge in [-0.15, -0.1) is 0 Å². The van der Waals surface area contributed by atoms with Crippen LogP contribution in [0.2, 0.25) is 0 Å². The SMILES string of the molecule is COC(=O)C1=C(C(F)(F)F)[C@H](C(=O)c2ccc3ccccc3c2)[C@H]1C(=O)OC. The van der Waals surface area contributed by atoms with Gasteiger partial charge in [-0.2, -0.15) is 13.2 Å². The molecule has 0 amide bonds. The predicted molar refractivity (Wildman–Crippen MR) is 92.4 cm³/mol. The summed E-state index contributed by atoms with van der Waals surface area (Å²) in [6.07, 6.45) is -4.98. The number of halogens is 3. The Kier molecular flexibility index (Phi) is 4.97. The lowest BCUT2D eigenvalue weighted by Gasteiger charge is -2.38. The molecule has 0 bridgehead atoms. The molecule has 0 heterocycles. The molecule has 2 atom stereocenters. The number of Topliss-reactive ketones (excluding diaryl/α,β-unsaturated/α-hetero) is 1. The maximum absolute atomic E-state index is 13.6. The summed E-state index contributed by atoms with van der Waals surface area (Å²) in [5.41, 5.74) is -2.25. The summed E-state index contributed by atoms with van der Waals surface area (Å²) < 4.78 is 49.7. The summed E-state index contributed by atoms with van der Waals surface area (Å²) in [4.78, 5) is 36.9. The zero-order chi connectivity index (χ0) is 20.6. The van der Waals surface area contributed by atoms with Crippen LogP contribution in [0.25, 0.3) is 10.8 Å². The second-order valence-corrected chi connectivity index (χ2v) is 6.22. The van der Waals surface area contributed by atoms with E-state index in [1.54, 1.807) is 30.3 Å². The molecule has 8 heteroatoms. The average molecular weight is 392 g/mol. The molecule has 2 aromatic carbocycles. The minimum Gasteiger partial charge on any atom is -0.469 e. The number of carbonyl (C=O) groups excluding carboxylic acids is 3. The second-order valence-electron chi connectivity index (χ2n) is 6.22. The van der Waals surface area contributed by atoms with Crippen LogP contribution in [0.5, 0.6) is 0 Å². The Hall–Kier alpha value is -3.16. The van der Waals surface area contributed by atoms with Crippen molar-refractivity contribution in [2.75, 3.05) is 14.2 Å². The van der Waals surface area contributed by atoms with Crippen LogP contribution >= 0.6 is 0 Å². The number of hydrogen-bond donors (Lipinski definition) is 0. The molecule has 0 fully saturated rings. The largest absolute Gasteiger partial charge is 0.469 e. The Bertz CT molecular complexity index is 1010. The summed E-state index contributed by atoms with van der Waals surface area (Å²) in [6.45, 7) is 0. The first kappa shape index (κ1) is 19.6. The number of rotatable bonds is 4. The van der Waals surface area contributed by atoms with Crippen molar-refractivity contribution >= 4 is 28.5 Å². The third-order valence-electron chi connectivity index (χ3n) is 4.73. The summed E-state index contributed by atoms with van der Waals surface area (Å²) in [5.74, 6) is -6.88. The van der Waals surface area contributed by atoms with Crippen LogP contribution < -0.4 is 0 Å². The smallest absolute Gasteiger partial charge is 0.413 e. The van der Waals surface area contributed by atoms with E-state index in [1.807, 2.05) is 0 Å². The molecule has 0 aliphatic heterocycles. The van der Waals surface area contributed by atoms with Gasteiger partial charge in [0.1, 0.15) is 5.92 Å². The molecular weight excluding hydrogens is 377 g/mol. The average Bonchev–Trinajstić information content (AvgIpc) is 2.65. The van der Waals surface area contributed by atoms with Gasteiger partial charge in [-0.1, -0.05) is 36.4 Å². The zero-order valence-corrected chi connectivity index (χ0v) is 14.9. The molecule has 0 aromatic heterocycles. The van der Waals surface area contributed by atoms with Crippen molar-refractivity contribution in [3.8, 4) is 0 Å². The molecular formula is C20H15F3O5. The minimum absolute atomic E-state index is 0.00303. The quantitative estimate of drug-likeness (QED) is 0.589. The standard InChI is InChI=1S/C20H15F3O5/c1-27-18(25)13-14(16(20(21,22)23)15(13)19(26)28-2)17(24)12-8-7-10-5-3-4-6-11(10)9-12/h3-9,13-14H,1-2H3/t13-,14-/m1/s1. The highest BCUT2D eigenvalue weighted by atomic mass is 19.4. The number of methoxy groups -OCH3 is 2. The fourth-order valence-corrected chi connectivity index (χ4v) is 3.43. The van der Waals surface area contributed by atoms with Crippen molar-refractivity contribution in [2.24, 2.45) is 11.8 Å². The minimum atomic E-state index is -4.98. The molecule has 5 nitrogen and oxygen atoms in total. The van der Waals surface area contributed by atoms with Gasteiger partial charge < -0.3 is 9.47 Å². The van der Waals surface area contributed by atoms with E-state index >= 15 is 0 Å². The first-order valence-corrected chi connectivity index (χ1v) is 8.21. The highest BCUT2D eigenvalue weighted by molar-refractivity contribution is 6.11. The maximum atomic E-state index is 13.6. The van der Waals surface area contributed by atoms with E-state index < -0.39 is 46.9 Å². The van der Waals surface area contributed by atoms with Crippen molar-refractivity contribution < 1.29 is 37.0 Å². The molecule has 28 heavy (non-hydrogen) atoms. The third kappa shape index (κ3) is 3.15. The van der Waals surface area contributed by atoms with E-state index in [1.165, 1.54) is 12.1 Å². The normalized spacial score (nSPS) is 19.2. The number of benzene rings is 2. The van der Waals surface area contributed by atoms with Crippen molar-refractivity contribution in [1.29, 1.82) is 0 Å². The van der Waals surface area contributed by atoms with E-state index in [2.05, 4.69) is 9.47 Å². The first-order valence-electron chi connectivity index (χ1n) is 8.21. The van der Waals surface area contributed by atoms with Crippen LogP contribution in [0.15, 0.2) is 53.6 Å². The van der Waals surface area contributed by atoms with Gasteiger partial charge in [0.05, 0.1) is 31.3 Å². The highest BCUT2D eigenvalue weighted by Gasteiger charge is 2.61. The van der Waals surface area contributed by atoms with Gasteiger partial charge in [0.15, 0.2) is 5.78 Å². The van der Waals surface area contributed by atoms with Crippen molar-refractivity contribution in [2.45, 2.75) is 6.18 Å². The van der Waals surface area contributed by atoms with E-state index in [0.29, 0.717) is 5.39 Å². The predicted octanol–water partition coefficient (Wildman–Crippen LogP) is 3.47. The van der Waals surface area contributed by atoms with Crippen LogP contribution in [0.1, 0.15) is 10.4 Å². The van der Waals surface area contributed by atoms with Crippen molar-refractivity contribution in [1.82, 2.24) is 0 Å². The van der Waals surface area contributed by atoms with Gasteiger partial charge in [0, 0.05) is 5.56 Å². The summed E-state index contributed by atoms with van der Waals surface area (Å²) in [6, 6.07) is 11.5. The topological polar surface area (TPSA) is 69.7 Å². The summed E-state index contributed by atoms with van der Waals surface area (Å²) in [7, 11) is 1.87. The second kappa shape index (κ2) is 7.10.